The van der Waals surface area contributed by atoms with Gasteiger partial charge in [0.15, 0.2) is 0 Å². The summed E-state index contributed by atoms with van der Waals surface area (Å²) in [5.41, 5.74) is 4.50. The molecule has 0 aromatic heterocycles. The summed E-state index contributed by atoms with van der Waals surface area (Å²) in [7, 11) is -4.85. The van der Waals surface area contributed by atoms with Gasteiger partial charge in [-0.15, -0.1) is 0 Å². The number of nitrogens with one attached hydrogen (secondary N) is 1. The highest BCUT2D eigenvalue weighted by atomic mass is 32.2. The minimum atomic E-state index is -4.85. The minimum absolute atomic E-state index is 0.309. The van der Waals surface area contributed by atoms with Crippen LogP contribution in [0.1, 0.15) is 0 Å². The summed E-state index contributed by atoms with van der Waals surface area (Å²) in [4.78, 5) is -0.724. The van der Waals surface area contributed by atoms with Crippen LogP contribution in [0.15, 0.2) is 29.2 Å². The molecule has 4 nitrogen and oxygen atoms in total. The van der Waals surface area contributed by atoms with Gasteiger partial charge in [-0.25, -0.2) is 17.2 Å². The Hall–Kier alpha value is -1.35. The van der Waals surface area contributed by atoms with Crippen molar-refractivity contribution in [1.82, 2.24) is 0 Å². The number of rotatable bonds is 6. The zero-order valence-electron chi connectivity index (χ0n) is 9.61. The second kappa shape index (κ2) is 5.74. The van der Waals surface area contributed by atoms with Gasteiger partial charge in [-0.1, -0.05) is 12.1 Å². The van der Waals surface area contributed by atoms with Crippen molar-refractivity contribution in [2.45, 2.75) is 16.6 Å². The van der Waals surface area contributed by atoms with Crippen molar-refractivity contribution in [3.63, 3.8) is 0 Å². The maximum atomic E-state index is 12.9. The van der Waals surface area contributed by atoms with E-state index >= 15 is 0 Å². The molecule has 0 amide bonds. The van der Waals surface area contributed by atoms with Crippen molar-refractivity contribution in [3.05, 3.63) is 24.3 Å². The van der Waals surface area contributed by atoms with Gasteiger partial charge in [-0.2, -0.15) is 8.78 Å². The number of nitrogens with two attached hydrogens (primary N) is 1. The Morgan fingerprint density at radius 3 is 2.37 bits per heavy atom. The van der Waals surface area contributed by atoms with Crippen LogP contribution in [0, 0.1) is 0 Å². The van der Waals surface area contributed by atoms with E-state index in [0.29, 0.717) is 0 Å². The lowest BCUT2D eigenvalue weighted by molar-refractivity contribution is 0.0253. The number of alkyl halides is 4. The molecule has 0 radical (unpaired) electrons. The fourth-order valence-corrected chi connectivity index (χ4v) is 2.16. The monoisotopic (exact) mass is 300 g/mol. The maximum Gasteiger partial charge on any atom is 0.341 e. The lowest BCUT2D eigenvalue weighted by Gasteiger charge is -2.17. The second-order valence-electron chi connectivity index (χ2n) is 3.72. The smallest absolute Gasteiger partial charge is 0.341 e. The minimum Gasteiger partial charge on any atom is -0.378 e. The Morgan fingerprint density at radius 2 is 1.84 bits per heavy atom. The van der Waals surface area contributed by atoms with Crippen LogP contribution >= 0.6 is 0 Å². The number of halogens is 4. The van der Waals surface area contributed by atoms with Gasteiger partial charge < -0.3 is 11.1 Å². The molecule has 19 heavy (non-hydrogen) atoms. The zero-order valence-corrected chi connectivity index (χ0v) is 10.4. The van der Waals surface area contributed by atoms with Crippen LogP contribution in [-0.4, -0.2) is 33.2 Å². The molecule has 0 unspecified atom stereocenters. The van der Waals surface area contributed by atoms with Gasteiger partial charge in [0.1, 0.15) is 0 Å². The number of para-hydroxylation sites is 1. The predicted octanol–water partition coefficient (Wildman–Crippen LogP) is 1.69. The van der Waals surface area contributed by atoms with E-state index < -0.39 is 39.5 Å². The first-order valence-corrected chi connectivity index (χ1v) is 6.68. The molecule has 0 heterocycles. The van der Waals surface area contributed by atoms with Crippen LogP contribution in [-0.2, 0) is 9.84 Å². The van der Waals surface area contributed by atoms with Crippen LogP contribution in [0.3, 0.4) is 0 Å². The van der Waals surface area contributed by atoms with E-state index in [1.165, 1.54) is 12.1 Å². The molecule has 3 N–H and O–H groups in total. The van der Waals surface area contributed by atoms with Gasteiger partial charge in [0.25, 0.3) is 5.92 Å². The van der Waals surface area contributed by atoms with Crippen molar-refractivity contribution in [2.24, 2.45) is 5.73 Å². The molecule has 0 atom stereocenters. The molecule has 0 saturated heterocycles. The van der Waals surface area contributed by atoms with E-state index in [0.717, 1.165) is 12.1 Å². The molecule has 0 aliphatic heterocycles. The number of anilines is 1. The molecular formula is C10H12F4N2O2S. The Balaban J connectivity index is 3.05. The first-order chi connectivity index (χ1) is 8.70. The van der Waals surface area contributed by atoms with Crippen molar-refractivity contribution in [1.29, 1.82) is 0 Å². The van der Waals surface area contributed by atoms with Crippen molar-refractivity contribution < 1.29 is 26.0 Å². The molecular weight excluding hydrogens is 288 g/mol. The first kappa shape index (κ1) is 15.7. The van der Waals surface area contributed by atoms with Crippen LogP contribution in [0.2, 0.25) is 0 Å². The number of benzene rings is 1. The maximum absolute atomic E-state index is 12.9. The van der Waals surface area contributed by atoms with E-state index in [1.54, 1.807) is 0 Å². The average Bonchev–Trinajstić information content (AvgIpc) is 2.36. The fraction of sp³-hybridized carbons (Fsp3) is 0.400. The molecule has 108 valence electrons. The first-order valence-electron chi connectivity index (χ1n) is 5.13. The highest BCUT2D eigenvalue weighted by Crippen LogP contribution is 2.26. The molecule has 0 fully saturated rings. The molecule has 1 aromatic carbocycles. The van der Waals surface area contributed by atoms with Crippen molar-refractivity contribution >= 4 is 15.5 Å². The lowest BCUT2D eigenvalue weighted by Crippen LogP contribution is -2.35. The van der Waals surface area contributed by atoms with E-state index in [4.69, 9.17) is 5.73 Å². The van der Waals surface area contributed by atoms with Crippen LogP contribution in [0.5, 0.6) is 0 Å². The van der Waals surface area contributed by atoms with E-state index in [-0.39, 0.29) is 5.69 Å². The van der Waals surface area contributed by atoms with Crippen LogP contribution in [0.4, 0.5) is 23.2 Å². The average molecular weight is 300 g/mol. The van der Waals surface area contributed by atoms with E-state index in [2.05, 4.69) is 5.32 Å². The normalized spacial score (nSPS) is 12.7. The summed E-state index contributed by atoms with van der Waals surface area (Å²) < 4.78 is 73.4. The molecule has 1 aromatic rings. The third kappa shape index (κ3) is 3.80. The predicted molar refractivity (Wildman–Crippen MR) is 62.1 cm³/mol. The lowest BCUT2D eigenvalue weighted by atomic mass is 10.3. The summed E-state index contributed by atoms with van der Waals surface area (Å²) in [6.07, 6.45) is 0. The number of hydrogen-bond donors (Lipinski definition) is 2. The topological polar surface area (TPSA) is 72.2 Å². The molecule has 0 aliphatic rings. The molecule has 0 aliphatic carbocycles. The molecule has 9 heteroatoms. The summed E-state index contributed by atoms with van der Waals surface area (Å²) in [5.74, 6) is -6.88. The fourth-order valence-electron chi connectivity index (χ4n) is 1.25. The van der Waals surface area contributed by atoms with Crippen LogP contribution in [0.25, 0.3) is 0 Å². The number of hydrogen-bond acceptors (Lipinski definition) is 4. The molecule has 0 bridgehead atoms. The van der Waals surface area contributed by atoms with Crippen molar-refractivity contribution in [3.8, 4) is 0 Å². The highest BCUT2D eigenvalue weighted by Gasteiger charge is 2.31. The molecule has 1 rings (SSSR count). The quantitative estimate of drug-likeness (QED) is 0.784. The molecule has 0 spiro atoms. The summed E-state index contributed by atoms with van der Waals surface area (Å²) in [5, 5.41) is 2.12. The highest BCUT2D eigenvalue weighted by molar-refractivity contribution is 7.91. The largest absolute Gasteiger partial charge is 0.378 e. The zero-order chi connectivity index (χ0) is 14.7. The third-order valence-corrected chi connectivity index (χ3v) is 3.70. The Kier molecular flexibility index (Phi) is 4.75. The van der Waals surface area contributed by atoms with E-state index in [9.17, 15) is 26.0 Å². The SMILES string of the molecule is NCC(F)(F)CNc1ccccc1S(=O)(=O)C(F)F. The van der Waals surface area contributed by atoms with Gasteiger partial charge in [-0.05, 0) is 12.1 Å². The van der Waals surface area contributed by atoms with Crippen molar-refractivity contribution in [2.75, 3.05) is 18.4 Å². The second-order valence-corrected chi connectivity index (χ2v) is 5.60. The van der Waals surface area contributed by atoms with E-state index in [1.807, 2.05) is 0 Å². The van der Waals surface area contributed by atoms with Gasteiger partial charge in [-0.3, -0.25) is 0 Å². The Labute approximate surface area is 107 Å². The van der Waals surface area contributed by atoms with Gasteiger partial charge >= 0.3 is 5.76 Å². The Morgan fingerprint density at radius 1 is 1.26 bits per heavy atom. The Bertz CT molecular complexity index is 534. The van der Waals surface area contributed by atoms with Crippen LogP contribution < -0.4 is 11.1 Å². The van der Waals surface area contributed by atoms with Gasteiger partial charge in [0, 0.05) is 0 Å². The summed E-state index contributed by atoms with van der Waals surface area (Å²) in [6, 6.07) is 4.61. The number of sulfone groups is 1. The van der Waals surface area contributed by atoms with Gasteiger partial charge in [0.05, 0.1) is 23.7 Å². The standard InChI is InChI=1S/C10H12F4N2O2S/c11-9(12)19(17,18)8-4-2-1-3-7(8)16-6-10(13,14)5-15/h1-4,9,16H,5-6,15H2. The summed E-state index contributed by atoms with van der Waals surface area (Å²) in [6.45, 7) is -1.89. The molecule has 0 saturated carbocycles. The third-order valence-electron chi connectivity index (χ3n) is 2.26. The summed E-state index contributed by atoms with van der Waals surface area (Å²) >= 11 is 0. The van der Waals surface area contributed by atoms with Gasteiger partial charge in [0.2, 0.25) is 9.84 Å².